The molecule has 172 valence electrons. The first-order chi connectivity index (χ1) is 15.1. The topological polar surface area (TPSA) is 92.5 Å². The number of hydrogen-bond acceptors (Lipinski definition) is 6. The van der Waals surface area contributed by atoms with Gasteiger partial charge >= 0.3 is 0 Å². The van der Waals surface area contributed by atoms with Crippen LogP contribution in [0.1, 0.15) is 22.8 Å². The van der Waals surface area contributed by atoms with Gasteiger partial charge < -0.3 is 20.3 Å². The van der Waals surface area contributed by atoms with Crippen molar-refractivity contribution in [3.63, 3.8) is 0 Å². The van der Waals surface area contributed by atoms with E-state index in [1.807, 2.05) is 14.1 Å². The summed E-state index contributed by atoms with van der Waals surface area (Å²) in [5.74, 6) is 1.67. The van der Waals surface area contributed by atoms with Crippen molar-refractivity contribution in [2.75, 3.05) is 45.2 Å². The standard InChI is InChI=1S/C22H30N8O.HI/c1-15-5-6-17(16(2)11-15)19-13-30(9-10-31-19)22(23-3)25-8-7-24-20-18-12-28-29(4)21(18)27-14-26-20;/h5-6,11-12,14,19H,7-10,13H2,1-4H3,(H,23,25)(H,24,26,27);1H. The maximum Gasteiger partial charge on any atom is 0.193 e. The summed E-state index contributed by atoms with van der Waals surface area (Å²) in [7, 11) is 3.69. The van der Waals surface area contributed by atoms with Gasteiger partial charge in [-0.15, -0.1) is 24.0 Å². The van der Waals surface area contributed by atoms with Crippen LogP contribution in [0.5, 0.6) is 0 Å². The number of aryl methyl sites for hydroxylation is 3. The minimum atomic E-state index is 0. The quantitative estimate of drug-likeness (QED) is 0.219. The summed E-state index contributed by atoms with van der Waals surface area (Å²) in [4.78, 5) is 15.4. The van der Waals surface area contributed by atoms with E-state index in [1.54, 1.807) is 17.2 Å². The number of rotatable bonds is 5. The number of fused-ring (bicyclic) bond motifs is 1. The molecule has 9 nitrogen and oxygen atoms in total. The molecular formula is C22H31IN8O. The Balaban J connectivity index is 0.00000289. The minimum absolute atomic E-state index is 0. The molecule has 0 radical (unpaired) electrons. The molecule has 1 saturated heterocycles. The molecule has 1 atom stereocenters. The fourth-order valence-electron chi connectivity index (χ4n) is 4.01. The molecule has 2 N–H and O–H groups in total. The largest absolute Gasteiger partial charge is 0.370 e. The zero-order valence-electron chi connectivity index (χ0n) is 19.0. The average molecular weight is 550 g/mol. The van der Waals surface area contributed by atoms with E-state index in [-0.39, 0.29) is 30.1 Å². The van der Waals surface area contributed by atoms with E-state index in [4.69, 9.17) is 4.74 Å². The summed E-state index contributed by atoms with van der Waals surface area (Å²) in [5.41, 5.74) is 4.60. The highest BCUT2D eigenvalue weighted by Gasteiger charge is 2.25. The molecule has 0 amide bonds. The molecule has 0 spiro atoms. The van der Waals surface area contributed by atoms with Crippen molar-refractivity contribution in [3.8, 4) is 0 Å². The number of guanidine groups is 1. The fourth-order valence-corrected chi connectivity index (χ4v) is 4.01. The maximum atomic E-state index is 6.08. The second-order valence-electron chi connectivity index (χ2n) is 7.79. The monoisotopic (exact) mass is 550 g/mol. The van der Waals surface area contributed by atoms with Crippen molar-refractivity contribution in [3.05, 3.63) is 47.4 Å². The van der Waals surface area contributed by atoms with Crippen LogP contribution in [0, 0.1) is 13.8 Å². The zero-order chi connectivity index (χ0) is 21.8. The molecule has 3 aromatic rings. The number of aliphatic imine (C=N–C) groups is 1. The van der Waals surface area contributed by atoms with Gasteiger partial charge in [-0.3, -0.25) is 9.67 Å². The van der Waals surface area contributed by atoms with E-state index < -0.39 is 0 Å². The maximum absolute atomic E-state index is 6.08. The number of benzene rings is 1. The van der Waals surface area contributed by atoms with E-state index in [9.17, 15) is 0 Å². The van der Waals surface area contributed by atoms with Crippen LogP contribution in [0.25, 0.3) is 11.0 Å². The van der Waals surface area contributed by atoms with Gasteiger partial charge in [0.15, 0.2) is 11.6 Å². The van der Waals surface area contributed by atoms with Crippen molar-refractivity contribution < 1.29 is 4.74 Å². The lowest BCUT2D eigenvalue weighted by molar-refractivity contribution is -0.00828. The summed E-state index contributed by atoms with van der Waals surface area (Å²) >= 11 is 0. The third-order valence-electron chi connectivity index (χ3n) is 5.58. The molecule has 10 heteroatoms. The highest BCUT2D eigenvalue weighted by atomic mass is 127. The first-order valence-corrected chi connectivity index (χ1v) is 10.6. The Morgan fingerprint density at radius 1 is 1.25 bits per heavy atom. The lowest BCUT2D eigenvalue weighted by Crippen LogP contribution is -2.49. The molecule has 1 unspecified atom stereocenters. The first kappa shape index (κ1) is 24.2. The van der Waals surface area contributed by atoms with Gasteiger partial charge in [-0.1, -0.05) is 23.8 Å². The highest BCUT2D eigenvalue weighted by molar-refractivity contribution is 14.0. The number of halogens is 1. The number of ether oxygens (including phenoxy) is 1. The van der Waals surface area contributed by atoms with Crippen LogP contribution in [0.15, 0.2) is 35.7 Å². The molecular weight excluding hydrogens is 519 g/mol. The van der Waals surface area contributed by atoms with Gasteiger partial charge in [0.2, 0.25) is 0 Å². The van der Waals surface area contributed by atoms with Crippen LogP contribution in [0.3, 0.4) is 0 Å². The Hall–Kier alpha value is -2.47. The number of hydrogen-bond donors (Lipinski definition) is 2. The van der Waals surface area contributed by atoms with Gasteiger partial charge in [0.1, 0.15) is 18.2 Å². The smallest absolute Gasteiger partial charge is 0.193 e. The fraction of sp³-hybridized carbons (Fsp3) is 0.455. The minimum Gasteiger partial charge on any atom is -0.370 e. The predicted octanol–water partition coefficient (Wildman–Crippen LogP) is 2.66. The third kappa shape index (κ3) is 5.29. The number of morpholine rings is 1. The molecule has 32 heavy (non-hydrogen) atoms. The molecule has 0 aliphatic carbocycles. The van der Waals surface area contributed by atoms with E-state index in [2.05, 4.69) is 67.6 Å². The van der Waals surface area contributed by atoms with E-state index in [0.717, 1.165) is 35.9 Å². The van der Waals surface area contributed by atoms with Gasteiger partial charge in [0.05, 0.1) is 24.7 Å². The molecule has 0 saturated carbocycles. The number of nitrogens with one attached hydrogen (secondary N) is 2. The summed E-state index contributed by atoms with van der Waals surface area (Å²) < 4.78 is 7.82. The molecule has 4 rings (SSSR count). The van der Waals surface area contributed by atoms with Crippen LogP contribution >= 0.6 is 24.0 Å². The zero-order valence-corrected chi connectivity index (χ0v) is 21.3. The summed E-state index contributed by atoms with van der Waals surface area (Å²) in [6.07, 6.45) is 3.39. The van der Waals surface area contributed by atoms with Crippen molar-refractivity contribution in [2.45, 2.75) is 20.0 Å². The number of nitrogens with zero attached hydrogens (tertiary/aromatic N) is 6. The molecule has 0 bridgehead atoms. The first-order valence-electron chi connectivity index (χ1n) is 10.6. The average Bonchev–Trinajstić information content (AvgIpc) is 3.15. The molecule has 1 aliphatic rings. The van der Waals surface area contributed by atoms with Crippen molar-refractivity contribution in [1.82, 2.24) is 30.0 Å². The SMILES string of the molecule is CN=C(NCCNc1ncnc2c1cnn2C)N1CCOC(c2ccc(C)cc2C)C1.I. The molecule has 1 aliphatic heterocycles. The number of aromatic nitrogens is 4. The van der Waals surface area contributed by atoms with Gasteiger partial charge in [0, 0.05) is 33.7 Å². The van der Waals surface area contributed by atoms with Crippen LogP contribution < -0.4 is 10.6 Å². The molecule has 2 aromatic heterocycles. The molecule has 1 fully saturated rings. The van der Waals surface area contributed by atoms with Crippen LogP contribution in [-0.4, -0.2) is 70.4 Å². The van der Waals surface area contributed by atoms with Gasteiger partial charge in [-0.25, -0.2) is 9.97 Å². The van der Waals surface area contributed by atoms with E-state index in [0.29, 0.717) is 19.7 Å². The van der Waals surface area contributed by atoms with Gasteiger partial charge in [0.25, 0.3) is 0 Å². The van der Waals surface area contributed by atoms with Crippen LogP contribution in [0.4, 0.5) is 5.82 Å². The Bertz CT molecular complexity index is 1080. The van der Waals surface area contributed by atoms with E-state index in [1.165, 1.54) is 16.7 Å². The summed E-state index contributed by atoms with van der Waals surface area (Å²) in [6, 6.07) is 6.54. The number of anilines is 1. The summed E-state index contributed by atoms with van der Waals surface area (Å²) in [6.45, 7) is 7.95. The Morgan fingerprint density at radius 3 is 2.88 bits per heavy atom. The van der Waals surface area contributed by atoms with Crippen molar-refractivity contribution in [2.24, 2.45) is 12.0 Å². The van der Waals surface area contributed by atoms with Crippen LogP contribution in [0.2, 0.25) is 0 Å². The highest BCUT2D eigenvalue weighted by Crippen LogP contribution is 2.26. The van der Waals surface area contributed by atoms with Gasteiger partial charge in [-0.05, 0) is 25.0 Å². The third-order valence-corrected chi connectivity index (χ3v) is 5.58. The van der Waals surface area contributed by atoms with Crippen molar-refractivity contribution >= 4 is 46.8 Å². The Morgan fingerprint density at radius 2 is 2.09 bits per heavy atom. The lowest BCUT2D eigenvalue weighted by Gasteiger charge is -2.35. The normalized spacial score (nSPS) is 16.7. The molecule has 1 aromatic carbocycles. The molecule has 3 heterocycles. The van der Waals surface area contributed by atoms with Crippen LogP contribution in [-0.2, 0) is 11.8 Å². The predicted molar refractivity (Wildman–Crippen MR) is 138 cm³/mol. The summed E-state index contributed by atoms with van der Waals surface area (Å²) in [5, 5.41) is 12.0. The Labute approximate surface area is 205 Å². The second kappa shape index (κ2) is 10.9. The van der Waals surface area contributed by atoms with E-state index >= 15 is 0 Å². The lowest BCUT2D eigenvalue weighted by atomic mass is 10.00. The van der Waals surface area contributed by atoms with Crippen molar-refractivity contribution in [1.29, 1.82) is 0 Å². The second-order valence-corrected chi connectivity index (χ2v) is 7.79. The van der Waals surface area contributed by atoms with Gasteiger partial charge in [-0.2, -0.15) is 5.10 Å². The Kier molecular flexibility index (Phi) is 8.24.